The Hall–Kier alpha value is -0.460. The Bertz CT molecular complexity index is 294. The van der Waals surface area contributed by atoms with Crippen LogP contribution < -0.4 is 0 Å². The summed E-state index contributed by atoms with van der Waals surface area (Å²) >= 11 is 0. The molecule has 0 aromatic carbocycles. The summed E-state index contributed by atoms with van der Waals surface area (Å²) in [5.41, 5.74) is 0. The highest BCUT2D eigenvalue weighted by Gasteiger charge is 2.17. The molecule has 0 fully saturated rings. The van der Waals surface area contributed by atoms with E-state index in [9.17, 15) is 17.8 Å². The molecule has 0 aromatic rings. The van der Waals surface area contributed by atoms with Crippen molar-refractivity contribution in [1.29, 1.82) is 0 Å². The number of hydrogen-bond acceptors (Lipinski definition) is 4. The van der Waals surface area contributed by atoms with Crippen molar-refractivity contribution in [2.45, 2.75) is 13.3 Å². The maximum Gasteiger partial charge on any atom is 0.183 e. The van der Waals surface area contributed by atoms with E-state index in [0.717, 1.165) is 0 Å². The van der Waals surface area contributed by atoms with Gasteiger partial charge in [-0.2, -0.15) is 0 Å². The molecular formula is C8H17NO4S. The molecule has 0 atom stereocenters. The van der Waals surface area contributed by atoms with Gasteiger partial charge in [0.2, 0.25) is 0 Å². The van der Waals surface area contributed by atoms with Crippen molar-refractivity contribution < 1.29 is 22.2 Å². The summed E-state index contributed by atoms with van der Waals surface area (Å²) < 4.78 is 31.4. The van der Waals surface area contributed by atoms with E-state index in [1.165, 1.54) is 6.92 Å². The molecule has 0 unspecified atom stereocenters. The molecule has 84 valence electrons. The van der Waals surface area contributed by atoms with Crippen LogP contribution >= 0.6 is 0 Å². The summed E-state index contributed by atoms with van der Waals surface area (Å²) in [7, 11) is -0.456. The number of quaternary nitrogens is 1. The lowest BCUT2D eigenvalue weighted by molar-refractivity contribution is -0.882. The highest BCUT2D eigenvalue weighted by Crippen LogP contribution is 2.00. The average Bonchev–Trinajstić information content (AvgIpc) is 1.78. The summed E-state index contributed by atoms with van der Waals surface area (Å²) in [6.07, 6.45) is 0.298. The zero-order valence-corrected chi connectivity index (χ0v) is 9.63. The van der Waals surface area contributed by atoms with E-state index in [-0.39, 0.29) is 11.5 Å². The summed E-state index contributed by atoms with van der Waals surface area (Å²) in [6, 6.07) is 0. The van der Waals surface area contributed by atoms with E-state index in [1.807, 2.05) is 14.1 Å². The van der Waals surface area contributed by atoms with Crippen LogP contribution in [-0.4, -0.2) is 56.2 Å². The van der Waals surface area contributed by atoms with Gasteiger partial charge in [-0.1, -0.05) is 0 Å². The van der Waals surface area contributed by atoms with E-state index in [0.29, 0.717) is 24.0 Å². The number of nitrogens with zero attached hydrogens (tertiary/aromatic N) is 1. The van der Waals surface area contributed by atoms with Crippen molar-refractivity contribution in [2.75, 3.05) is 32.9 Å². The molecule has 0 aliphatic heterocycles. The largest absolute Gasteiger partial charge is 0.748 e. The number of likely N-dealkylation sites (N-methyl/N-ethyl adjacent to an activating group) is 1. The van der Waals surface area contributed by atoms with Gasteiger partial charge in [-0.3, -0.25) is 4.79 Å². The Morgan fingerprint density at radius 2 is 1.86 bits per heavy atom. The molecule has 0 aliphatic carbocycles. The number of rotatable bonds is 6. The molecule has 0 aromatic heterocycles. The zero-order chi connectivity index (χ0) is 11.4. The minimum atomic E-state index is -4.12. The first-order valence-electron chi connectivity index (χ1n) is 4.37. The van der Waals surface area contributed by atoms with Crippen LogP contribution in [0.3, 0.4) is 0 Å². The lowest BCUT2D eigenvalue weighted by atomic mass is 10.3. The average molecular weight is 223 g/mol. The zero-order valence-electron chi connectivity index (χ0n) is 8.82. The molecule has 14 heavy (non-hydrogen) atoms. The van der Waals surface area contributed by atoms with Crippen LogP contribution in [0.5, 0.6) is 0 Å². The van der Waals surface area contributed by atoms with E-state index >= 15 is 0 Å². The van der Waals surface area contributed by atoms with Crippen LogP contribution in [0.4, 0.5) is 0 Å². The summed E-state index contributed by atoms with van der Waals surface area (Å²) in [5.74, 6) is -0.299. The molecule has 6 heteroatoms. The third-order valence-electron chi connectivity index (χ3n) is 1.81. The normalized spacial score (nSPS) is 12.9. The molecule has 0 aliphatic rings. The first-order chi connectivity index (χ1) is 6.12. The first-order valence-corrected chi connectivity index (χ1v) is 5.95. The van der Waals surface area contributed by atoms with E-state index in [2.05, 4.69) is 0 Å². The highest BCUT2D eigenvalue weighted by molar-refractivity contribution is 7.85. The Kier molecular flexibility index (Phi) is 4.70. The Labute approximate surface area is 85.1 Å². The topological polar surface area (TPSA) is 74.3 Å². The molecule has 5 nitrogen and oxygen atoms in total. The standard InChI is InChI=1S/C8H17NO4S/c1-8(10)7-9(2,3)5-4-6-14(11,12)13/h4-7H2,1-3H3. The summed E-state index contributed by atoms with van der Waals surface area (Å²) in [4.78, 5) is 10.8. The van der Waals surface area contributed by atoms with Gasteiger partial charge in [-0.15, -0.1) is 0 Å². The van der Waals surface area contributed by atoms with Crippen LogP contribution in [0.1, 0.15) is 13.3 Å². The van der Waals surface area contributed by atoms with Gasteiger partial charge in [-0.05, 0) is 0 Å². The monoisotopic (exact) mass is 223 g/mol. The van der Waals surface area contributed by atoms with E-state index in [1.54, 1.807) is 0 Å². The fraction of sp³-hybridized carbons (Fsp3) is 0.875. The number of hydrogen-bond donors (Lipinski definition) is 0. The number of ketones is 1. The predicted molar refractivity (Wildman–Crippen MR) is 51.7 cm³/mol. The summed E-state index contributed by atoms with van der Waals surface area (Å²) in [6.45, 7) is 2.37. The smallest absolute Gasteiger partial charge is 0.183 e. The molecule has 0 saturated carbocycles. The van der Waals surface area contributed by atoms with Crippen molar-refractivity contribution in [3.8, 4) is 0 Å². The Morgan fingerprint density at radius 3 is 2.21 bits per heavy atom. The second-order valence-electron chi connectivity index (χ2n) is 4.13. The molecular weight excluding hydrogens is 206 g/mol. The van der Waals surface area contributed by atoms with Crippen molar-refractivity contribution in [3.05, 3.63) is 0 Å². The van der Waals surface area contributed by atoms with Gasteiger partial charge in [0.05, 0.1) is 30.8 Å². The molecule has 0 bridgehead atoms. The van der Waals surface area contributed by atoms with Crippen LogP contribution in [0, 0.1) is 0 Å². The van der Waals surface area contributed by atoms with Gasteiger partial charge in [0.1, 0.15) is 6.54 Å². The highest BCUT2D eigenvalue weighted by atomic mass is 32.2. The van der Waals surface area contributed by atoms with Gasteiger partial charge in [0.25, 0.3) is 0 Å². The molecule has 0 heterocycles. The number of Topliss-reactive ketones (excluding diaryl/α,β-unsaturated/α-hetero) is 1. The second kappa shape index (κ2) is 4.86. The Morgan fingerprint density at radius 1 is 1.36 bits per heavy atom. The van der Waals surface area contributed by atoms with Crippen LogP contribution in [0.15, 0.2) is 0 Å². The van der Waals surface area contributed by atoms with Crippen molar-refractivity contribution in [1.82, 2.24) is 0 Å². The van der Waals surface area contributed by atoms with Crippen molar-refractivity contribution in [2.24, 2.45) is 0 Å². The van der Waals surface area contributed by atoms with Gasteiger partial charge < -0.3 is 9.04 Å². The second-order valence-corrected chi connectivity index (χ2v) is 5.66. The molecule has 0 radical (unpaired) electrons. The lowest BCUT2D eigenvalue weighted by Gasteiger charge is -2.28. The Balaban J connectivity index is 3.94. The van der Waals surface area contributed by atoms with Crippen LogP contribution in [-0.2, 0) is 14.9 Å². The maximum absolute atomic E-state index is 10.8. The maximum atomic E-state index is 10.8. The van der Waals surface area contributed by atoms with Crippen LogP contribution in [0.25, 0.3) is 0 Å². The third kappa shape index (κ3) is 8.15. The minimum Gasteiger partial charge on any atom is -0.748 e. The molecule has 0 saturated heterocycles. The fourth-order valence-electron chi connectivity index (χ4n) is 1.35. The summed E-state index contributed by atoms with van der Waals surface area (Å²) in [5, 5.41) is 0. The van der Waals surface area contributed by atoms with Crippen molar-refractivity contribution in [3.63, 3.8) is 0 Å². The van der Waals surface area contributed by atoms with E-state index < -0.39 is 10.1 Å². The quantitative estimate of drug-likeness (QED) is 0.453. The van der Waals surface area contributed by atoms with Crippen molar-refractivity contribution >= 4 is 15.9 Å². The van der Waals surface area contributed by atoms with Gasteiger partial charge in [-0.25, -0.2) is 8.42 Å². The van der Waals surface area contributed by atoms with E-state index in [4.69, 9.17) is 0 Å². The lowest BCUT2D eigenvalue weighted by Crippen LogP contribution is -2.44. The van der Waals surface area contributed by atoms with Gasteiger partial charge in [0.15, 0.2) is 5.78 Å². The SMILES string of the molecule is CC(=O)C[N+](C)(C)CCCS(=O)(=O)[O-]. The molecule has 0 amide bonds. The predicted octanol–water partition coefficient (Wildman–Crippen LogP) is -0.413. The van der Waals surface area contributed by atoms with Crippen LogP contribution in [0.2, 0.25) is 0 Å². The fourth-order valence-corrected chi connectivity index (χ4v) is 1.83. The molecule has 0 rings (SSSR count). The molecule has 0 N–H and O–H groups in total. The van der Waals surface area contributed by atoms with Gasteiger partial charge >= 0.3 is 0 Å². The van der Waals surface area contributed by atoms with Gasteiger partial charge in [0, 0.05) is 19.1 Å². The first kappa shape index (κ1) is 13.5. The number of carbonyl (C=O) groups is 1. The number of carbonyl (C=O) groups excluding carboxylic acids is 1. The minimum absolute atomic E-state index is 0.0555. The molecule has 0 spiro atoms. The third-order valence-corrected chi connectivity index (χ3v) is 2.60.